The van der Waals surface area contributed by atoms with Crippen molar-refractivity contribution in [3.8, 4) is 11.8 Å². The van der Waals surface area contributed by atoms with E-state index in [1.54, 1.807) is 39.0 Å². The molecule has 0 aliphatic heterocycles. The number of nitriles is 1. The SMILES string of the molecule is CCN(CC)S(=O)(=O)c1ccc(C)c(C(=O)Nc2cc(C#N)ccc2OC)c1. The van der Waals surface area contributed by atoms with Crippen molar-refractivity contribution in [2.24, 2.45) is 0 Å². The molecule has 2 aromatic rings. The highest BCUT2D eigenvalue weighted by Gasteiger charge is 2.23. The first kappa shape index (κ1) is 21.4. The zero-order valence-electron chi connectivity index (χ0n) is 16.3. The molecule has 7 nitrogen and oxygen atoms in total. The van der Waals surface area contributed by atoms with Gasteiger partial charge in [0.2, 0.25) is 10.0 Å². The Balaban J connectivity index is 2.44. The third-order valence-corrected chi connectivity index (χ3v) is 6.42. The monoisotopic (exact) mass is 401 g/mol. The Bertz CT molecular complexity index is 1020. The number of hydrogen-bond donors (Lipinski definition) is 1. The number of nitrogens with one attached hydrogen (secondary N) is 1. The van der Waals surface area contributed by atoms with E-state index in [2.05, 4.69) is 5.32 Å². The lowest BCUT2D eigenvalue weighted by molar-refractivity contribution is 0.102. The third-order valence-electron chi connectivity index (χ3n) is 4.37. The molecule has 0 heterocycles. The standard InChI is InChI=1S/C20H23N3O4S/c1-5-23(6-2)28(25,26)16-9-7-14(3)17(12-16)20(24)22-18-11-15(13-21)8-10-19(18)27-4/h7-12H,5-6H2,1-4H3,(H,22,24). The molecule has 28 heavy (non-hydrogen) atoms. The number of ether oxygens (including phenoxy) is 1. The van der Waals surface area contributed by atoms with Crippen LogP contribution in [0, 0.1) is 18.3 Å². The maximum Gasteiger partial charge on any atom is 0.256 e. The average molecular weight is 401 g/mol. The summed E-state index contributed by atoms with van der Waals surface area (Å²) in [6.07, 6.45) is 0. The van der Waals surface area contributed by atoms with Gasteiger partial charge in [0.1, 0.15) is 5.75 Å². The van der Waals surface area contributed by atoms with Crippen LogP contribution in [0.5, 0.6) is 5.75 Å². The molecule has 0 saturated carbocycles. The van der Waals surface area contributed by atoms with Gasteiger partial charge in [0.25, 0.3) is 5.91 Å². The van der Waals surface area contributed by atoms with E-state index < -0.39 is 15.9 Å². The molecule has 8 heteroatoms. The predicted molar refractivity (Wildman–Crippen MR) is 107 cm³/mol. The largest absolute Gasteiger partial charge is 0.495 e. The van der Waals surface area contributed by atoms with Gasteiger partial charge in [-0.05, 0) is 42.8 Å². The van der Waals surface area contributed by atoms with E-state index in [9.17, 15) is 13.2 Å². The van der Waals surface area contributed by atoms with Crippen LogP contribution < -0.4 is 10.1 Å². The van der Waals surface area contributed by atoms with E-state index in [-0.39, 0.29) is 10.5 Å². The molecule has 0 radical (unpaired) electrons. The topological polar surface area (TPSA) is 99.5 Å². The van der Waals surface area contributed by atoms with Crippen molar-refractivity contribution in [3.63, 3.8) is 0 Å². The Kier molecular flexibility index (Phi) is 6.78. The van der Waals surface area contributed by atoms with Crippen molar-refractivity contribution >= 4 is 21.6 Å². The normalized spacial score (nSPS) is 11.1. The number of methoxy groups -OCH3 is 1. The molecule has 0 aliphatic rings. The number of rotatable bonds is 7. The van der Waals surface area contributed by atoms with Gasteiger partial charge in [-0.15, -0.1) is 0 Å². The first-order valence-electron chi connectivity index (χ1n) is 8.78. The van der Waals surface area contributed by atoms with Crippen LogP contribution >= 0.6 is 0 Å². The molecule has 148 valence electrons. The van der Waals surface area contributed by atoms with Gasteiger partial charge in [-0.3, -0.25) is 4.79 Å². The summed E-state index contributed by atoms with van der Waals surface area (Å²) in [5.41, 5.74) is 1.57. The number of carbonyl (C=O) groups is 1. The minimum absolute atomic E-state index is 0.0599. The summed E-state index contributed by atoms with van der Waals surface area (Å²) in [6, 6.07) is 11.2. The summed E-state index contributed by atoms with van der Waals surface area (Å²) >= 11 is 0. The molecule has 0 spiro atoms. The van der Waals surface area contributed by atoms with Gasteiger partial charge in [-0.2, -0.15) is 9.57 Å². The molecule has 0 bridgehead atoms. The molecule has 0 fully saturated rings. The zero-order chi connectivity index (χ0) is 20.9. The number of amides is 1. The number of anilines is 1. The molecule has 0 atom stereocenters. The summed E-state index contributed by atoms with van der Waals surface area (Å²) in [5.74, 6) is -0.0839. The number of aryl methyl sites for hydroxylation is 1. The number of carbonyl (C=O) groups excluding carboxylic acids is 1. The number of benzene rings is 2. The van der Waals surface area contributed by atoms with Crippen LogP contribution in [0.15, 0.2) is 41.3 Å². The maximum atomic E-state index is 12.8. The van der Waals surface area contributed by atoms with Crippen LogP contribution in [0.1, 0.15) is 35.3 Å². The maximum absolute atomic E-state index is 12.8. The highest BCUT2D eigenvalue weighted by atomic mass is 32.2. The molecule has 0 aliphatic carbocycles. The molecule has 2 aromatic carbocycles. The minimum Gasteiger partial charge on any atom is -0.495 e. The van der Waals surface area contributed by atoms with Crippen LogP contribution in [-0.4, -0.2) is 38.8 Å². The van der Waals surface area contributed by atoms with Crippen molar-refractivity contribution in [1.29, 1.82) is 5.26 Å². The van der Waals surface area contributed by atoms with E-state index in [0.717, 1.165) is 0 Å². The van der Waals surface area contributed by atoms with Crippen molar-refractivity contribution in [2.45, 2.75) is 25.7 Å². The second-order valence-electron chi connectivity index (χ2n) is 6.05. The highest BCUT2D eigenvalue weighted by Crippen LogP contribution is 2.27. The Morgan fingerprint density at radius 1 is 1.18 bits per heavy atom. The zero-order valence-corrected chi connectivity index (χ0v) is 17.1. The van der Waals surface area contributed by atoms with Gasteiger partial charge in [0.15, 0.2) is 0 Å². The van der Waals surface area contributed by atoms with Crippen molar-refractivity contribution in [1.82, 2.24) is 4.31 Å². The van der Waals surface area contributed by atoms with Crippen LogP contribution in [0.3, 0.4) is 0 Å². The van der Waals surface area contributed by atoms with Crippen LogP contribution in [0.25, 0.3) is 0 Å². The number of hydrogen-bond acceptors (Lipinski definition) is 5. The second-order valence-corrected chi connectivity index (χ2v) is 7.98. The van der Waals surface area contributed by atoms with Gasteiger partial charge in [-0.1, -0.05) is 19.9 Å². The van der Waals surface area contributed by atoms with Crippen LogP contribution in [0.2, 0.25) is 0 Å². The Labute approximate surface area is 165 Å². The lowest BCUT2D eigenvalue weighted by Crippen LogP contribution is -2.30. The van der Waals surface area contributed by atoms with Gasteiger partial charge in [0.05, 0.1) is 29.3 Å². The minimum atomic E-state index is -3.68. The molecule has 0 saturated heterocycles. The molecule has 0 aromatic heterocycles. The molecule has 1 N–H and O–H groups in total. The molecular formula is C20H23N3O4S. The Hall–Kier alpha value is -2.89. The first-order valence-corrected chi connectivity index (χ1v) is 10.2. The highest BCUT2D eigenvalue weighted by molar-refractivity contribution is 7.89. The van der Waals surface area contributed by atoms with E-state index in [0.29, 0.717) is 35.7 Å². The summed E-state index contributed by atoms with van der Waals surface area (Å²) < 4.78 is 32.1. The van der Waals surface area contributed by atoms with E-state index >= 15 is 0 Å². The lowest BCUT2D eigenvalue weighted by atomic mass is 10.1. The summed E-state index contributed by atoms with van der Waals surface area (Å²) in [6.45, 7) is 5.93. The average Bonchev–Trinajstić information content (AvgIpc) is 2.68. The van der Waals surface area contributed by atoms with Gasteiger partial charge < -0.3 is 10.1 Å². The quantitative estimate of drug-likeness (QED) is 0.768. The van der Waals surface area contributed by atoms with Gasteiger partial charge >= 0.3 is 0 Å². The second kappa shape index (κ2) is 8.87. The van der Waals surface area contributed by atoms with Gasteiger partial charge in [-0.25, -0.2) is 8.42 Å². The Morgan fingerprint density at radius 3 is 2.43 bits per heavy atom. The fourth-order valence-electron chi connectivity index (χ4n) is 2.78. The summed E-state index contributed by atoms with van der Waals surface area (Å²) in [5, 5.41) is 11.8. The lowest BCUT2D eigenvalue weighted by Gasteiger charge is -2.19. The first-order chi connectivity index (χ1) is 13.3. The fraction of sp³-hybridized carbons (Fsp3) is 0.300. The predicted octanol–water partition coefficient (Wildman–Crippen LogP) is 3.16. The smallest absolute Gasteiger partial charge is 0.256 e. The number of nitrogens with zero attached hydrogens (tertiary/aromatic N) is 2. The molecule has 1 amide bonds. The third kappa shape index (κ3) is 4.32. The molecule has 2 rings (SSSR count). The van der Waals surface area contributed by atoms with Crippen LogP contribution in [-0.2, 0) is 10.0 Å². The molecular weight excluding hydrogens is 378 g/mol. The molecule has 0 unspecified atom stereocenters. The van der Waals surface area contributed by atoms with Crippen molar-refractivity contribution < 1.29 is 17.9 Å². The summed E-state index contributed by atoms with van der Waals surface area (Å²) in [4.78, 5) is 12.9. The van der Waals surface area contributed by atoms with Gasteiger partial charge in [0, 0.05) is 18.7 Å². The van der Waals surface area contributed by atoms with E-state index in [1.165, 1.54) is 29.6 Å². The van der Waals surface area contributed by atoms with Crippen molar-refractivity contribution in [3.05, 3.63) is 53.1 Å². The fourth-order valence-corrected chi connectivity index (χ4v) is 4.27. The Morgan fingerprint density at radius 2 is 1.86 bits per heavy atom. The van der Waals surface area contributed by atoms with E-state index in [1.807, 2.05) is 6.07 Å². The van der Waals surface area contributed by atoms with Crippen molar-refractivity contribution in [2.75, 3.05) is 25.5 Å². The summed E-state index contributed by atoms with van der Waals surface area (Å²) in [7, 11) is -2.23. The van der Waals surface area contributed by atoms with E-state index in [4.69, 9.17) is 10.00 Å². The van der Waals surface area contributed by atoms with Crippen LogP contribution in [0.4, 0.5) is 5.69 Å². The number of sulfonamides is 1.